The number of nitrogens with one attached hydrogen (secondary N) is 1. The van der Waals surface area contributed by atoms with Crippen molar-refractivity contribution in [3.63, 3.8) is 0 Å². The lowest BCUT2D eigenvalue weighted by molar-refractivity contribution is -0.126. The third-order valence-electron chi connectivity index (χ3n) is 6.14. The first kappa shape index (κ1) is 22.1. The highest BCUT2D eigenvalue weighted by atomic mass is 16.3. The van der Waals surface area contributed by atoms with Crippen molar-refractivity contribution in [2.45, 2.75) is 72.0 Å². The predicted octanol–water partition coefficient (Wildman–Crippen LogP) is 2.08. The van der Waals surface area contributed by atoms with Crippen molar-refractivity contribution >= 4 is 23.5 Å². The van der Waals surface area contributed by atoms with E-state index in [4.69, 9.17) is 0 Å². The van der Waals surface area contributed by atoms with Crippen molar-refractivity contribution in [1.29, 1.82) is 0 Å². The average Bonchev–Trinajstić information content (AvgIpc) is 3.32. The minimum atomic E-state index is -0.669. The summed E-state index contributed by atoms with van der Waals surface area (Å²) in [6.07, 6.45) is 6.88. The van der Waals surface area contributed by atoms with Crippen LogP contribution in [0, 0.1) is 12.8 Å². The van der Waals surface area contributed by atoms with Gasteiger partial charge in [-0.1, -0.05) is 13.8 Å². The molecule has 1 aliphatic heterocycles. The van der Waals surface area contributed by atoms with Gasteiger partial charge in [-0.15, -0.1) is 0 Å². The molecule has 2 fully saturated rings. The van der Waals surface area contributed by atoms with E-state index >= 15 is 0 Å². The van der Waals surface area contributed by atoms with E-state index in [-0.39, 0.29) is 35.4 Å². The Labute approximate surface area is 186 Å². The molecule has 0 bridgehead atoms. The molecule has 1 atom stereocenters. The maximum Gasteiger partial charge on any atom is 0.291 e. The lowest BCUT2D eigenvalue weighted by Gasteiger charge is -2.19. The van der Waals surface area contributed by atoms with Crippen LogP contribution >= 0.6 is 0 Å². The van der Waals surface area contributed by atoms with Crippen LogP contribution in [-0.2, 0) is 11.3 Å². The molecule has 1 aliphatic carbocycles. The first-order valence-corrected chi connectivity index (χ1v) is 11.3. The number of aromatic nitrogens is 3. The Balaban J connectivity index is 1.83. The van der Waals surface area contributed by atoms with E-state index in [0.29, 0.717) is 23.4 Å². The van der Waals surface area contributed by atoms with Crippen molar-refractivity contribution in [1.82, 2.24) is 24.4 Å². The quantitative estimate of drug-likeness (QED) is 0.667. The summed E-state index contributed by atoms with van der Waals surface area (Å²) >= 11 is 0. The van der Waals surface area contributed by atoms with E-state index in [0.717, 1.165) is 32.2 Å². The highest BCUT2D eigenvalue weighted by Crippen LogP contribution is 2.26. The van der Waals surface area contributed by atoms with Crippen molar-refractivity contribution in [3.8, 4) is 5.88 Å². The Bertz CT molecular complexity index is 1160. The van der Waals surface area contributed by atoms with Crippen LogP contribution in [0.1, 0.15) is 68.1 Å². The van der Waals surface area contributed by atoms with Gasteiger partial charge in [-0.25, -0.2) is 0 Å². The van der Waals surface area contributed by atoms with Gasteiger partial charge >= 0.3 is 0 Å². The zero-order chi connectivity index (χ0) is 23.2. The molecule has 0 aromatic carbocycles. The lowest BCUT2D eigenvalue weighted by atomic mass is 10.1. The molecule has 3 heterocycles. The minimum absolute atomic E-state index is 0.0485. The summed E-state index contributed by atoms with van der Waals surface area (Å²) in [4.78, 5) is 40.4. The minimum Gasteiger partial charge on any atom is -0.494 e. The van der Waals surface area contributed by atoms with Crippen LogP contribution < -0.4 is 10.9 Å². The van der Waals surface area contributed by atoms with Crippen LogP contribution in [0.5, 0.6) is 5.88 Å². The SMILES string of the molecule is Cc1nn2c(=O)c(C(=O)NC3CC3)c(O)n(CC(C)C)c2c1/C=C/C(=O)N1CCC[C@@H]1C. The Morgan fingerprint density at radius 1 is 1.28 bits per heavy atom. The van der Waals surface area contributed by atoms with Crippen LogP contribution in [0.25, 0.3) is 11.7 Å². The fraction of sp³-hybridized carbons (Fsp3) is 0.565. The van der Waals surface area contributed by atoms with Crippen LogP contribution in [0.3, 0.4) is 0 Å². The molecular weight excluding hydrogens is 410 g/mol. The van der Waals surface area contributed by atoms with Crippen molar-refractivity contribution in [3.05, 3.63) is 33.3 Å². The van der Waals surface area contributed by atoms with Crippen LogP contribution in [0.4, 0.5) is 0 Å². The summed E-state index contributed by atoms with van der Waals surface area (Å²) < 4.78 is 2.72. The fourth-order valence-corrected chi connectivity index (χ4v) is 4.29. The van der Waals surface area contributed by atoms with E-state index in [9.17, 15) is 19.5 Å². The van der Waals surface area contributed by atoms with E-state index < -0.39 is 11.5 Å². The standard InChI is InChI=1S/C23H31N5O4/c1-13(2)12-27-21-17(9-10-18(29)26-11-5-6-14(26)3)15(4)25-28(21)23(32)19(22(27)31)20(30)24-16-7-8-16/h9-10,13-14,16,31H,5-8,11-12H2,1-4H3,(H,24,30)/b10-9+/t14-/m0/s1. The summed E-state index contributed by atoms with van der Waals surface area (Å²) in [6, 6.07) is 0.250. The molecule has 2 aliphatic rings. The number of hydrogen-bond acceptors (Lipinski definition) is 5. The molecule has 2 aromatic rings. The second-order valence-electron chi connectivity index (χ2n) is 9.35. The second-order valence-corrected chi connectivity index (χ2v) is 9.35. The normalized spacial score (nSPS) is 18.9. The number of rotatable bonds is 6. The Morgan fingerprint density at radius 3 is 2.59 bits per heavy atom. The lowest BCUT2D eigenvalue weighted by Crippen LogP contribution is -2.34. The Morgan fingerprint density at radius 2 is 2.00 bits per heavy atom. The summed E-state index contributed by atoms with van der Waals surface area (Å²) in [5.74, 6) is -0.914. The van der Waals surface area contributed by atoms with Gasteiger partial charge in [0.15, 0.2) is 5.56 Å². The van der Waals surface area contributed by atoms with E-state index in [2.05, 4.69) is 10.4 Å². The maximum absolute atomic E-state index is 13.2. The van der Waals surface area contributed by atoms with Gasteiger partial charge in [0.05, 0.1) is 5.69 Å². The van der Waals surface area contributed by atoms with Gasteiger partial charge in [0.25, 0.3) is 11.5 Å². The van der Waals surface area contributed by atoms with Gasteiger partial charge in [-0.3, -0.25) is 19.0 Å². The largest absolute Gasteiger partial charge is 0.494 e. The number of fused-ring (bicyclic) bond motifs is 1. The number of aromatic hydroxyl groups is 1. The van der Waals surface area contributed by atoms with Crippen LogP contribution in [0.15, 0.2) is 10.9 Å². The molecule has 0 radical (unpaired) electrons. The number of carbonyl (C=O) groups excluding carboxylic acids is 2. The summed E-state index contributed by atoms with van der Waals surface area (Å²) in [7, 11) is 0. The monoisotopic (exact) mass is 441 g/mol. The topological polar surface area (TPSA) is 109 Å². The summed E-state index contributed by atoms with van der Waals surface area (Å²) in [5, 5.41) is 18.1. The number of hydrogen-bond donors (Lipinski definition) is 2. The molecule has 9 heteroatoms. The number of carbonyl (C=O) groups is 2. The first-order valence-electron chi connectivity index (χ1n) is 11.3. The van der Waals surface area contributed by atoms with Crippen LogP contribution in [0.2, 0.25) is 0 Å². The molecule has 2 N–H and O–H groups in total. The van der Waals surface area contributed by atoms with E-state index in [1.54, 1.807) is 17.6 Å². The molecule has 2 aromatic heterocycles. The van der Waals surface area contributed by atoms with Crippen molar-refractivity contribution in [2.75, 3.05) is 6.54 Å². The fourth-order valence-electron chi connectivity index (χ4n) is 4.29. The summed E-state index contributed by atoms with van der Waals surface area (Å²) in [5.41, 5.74) is 0.521. The van der Waals surface area contributed by atoms with Gasteiger partial charge in [0, 0.05) is 36.8 Å². The molecule has 172 valence electrons. The third kappa shape index (κ3) is 4.03. The maximum atomic E-state index is 13.2. The zero-order valence-corrected chi connectivity index (χ0v) is 19.1. The smallest absolute Gasteiger partial charge is 0.291 e. The predicted molar refractivity (Wildman–Crippen MR) is 121 cm³/mol. The molecule has 9 nitrogen and oxygen atoms in total. The number of aryl methyl sites for hydroxylation is 1. The van der Waals surface area contributed by atoms with Gasteiger partial charge in [0.1, 0.15) is 5.65 Å². The Hall–Kier alpha value is -3.10. The van der Waals surface area contributed by atoms with Gasteiger partial charge in [0.2, 0.25) is 11.8 Å². The van der Waals surface area contributed by atoms with Crippen molar-refractivity contribution < 1.29 is 14.7 Å². The third-order valence-corrected chi connectivity index (χ3v) is 6.14. The number of nitrogens with zero attached hydrogens (tertiary/aromatic N) is 4. The van der Waals surface area contributed by atoms with Gasteiger partial charge in [-0.2, -0.15) is 9.61 Å². The molecule has 32 heavy (non-hydrogen) atoms. The van der Waals surface area contributed by atoms with E-state index in [1.165, 1.54) is 10.6 Å². The second kappa shape index (κ2) is 8.44. The van der Waals surface area contributed by atoms with Crippen molar-refractivity contribution in [2.24, 2.45) is 5.92 Å². The molecule has 0 spiro atoms. The Kier molecular flexibility index (Phi) is 5.83. The number of likely N-dealkylation sites (tertiary alicyclic amines) is 1. The highest BCUT2D eigenvalue weighted by molar-refractivity contribution is 5.97. The highest BCUT2D eigenvalue weighted by Gasteiger charge is 2.30. The summed E-state index contributed by atoms with van der Waals surface area (Å²) in [6.45, 7) is 8.85. The average molecular weight is 442 g/mol. The zero-order valence-electron chi connectivity index (χ0n) is 19.1. The molecular formula is C23H31N5O4. The molecule has 0 unspecified atom stereocenters. The van der Waals surface area contributed by atoms with Crippen LogP contribution in [-0.4, -0.2) is 54.6 Å². The molecule has 2 amide bonds. The number of amides is 2. The van der Waals surface area contributed by atoms with Gasteiger partial charge in [-0.05, 0) is 51.5 Å². The molecule has 1 saturated carbocycles. The molecule has 4 rings (SSSR count). The molecule has 1 saturated heterocycles. The van der Waals surface area contributed by atoms with Gasteiger partial charge < -0.3 is 15.3 Å². The van der Waals surface area contributed by atoms with E-state index in [1.807, 2.05) is 25.7 Å². The first-order chi connectivity index (χ1) is 15.2.